The predicted octanol–water partition coefficient (Wildman–Crippen LogP) is 1.98. The number of nitrogens with zero attached hydrogens (tertiary/aromatic N) is 4. The summed E-state index contributed by atoms with van der Waals surface area (Å²) >= 11 is 0. The number of ether oxygens (including phenoxy) is 1. The first kappa shape index (κ1) is 17.1. The standard InChI is InChI=1S/C16H11F2N5O3/c1-26-16(25)13-9(17)2-3-10(18)14(13)20-15(24)11-4-5-12(22-21-11)23-7-6-19-8-23/h2-8H,1H3,(H,20,24). The molecule has 0 aliphatic rings. The van der Waals surface area contributed by atoms with Crippen molar-refractivity contribution in [3.8, 4) is 5.82 Å². The second-order valence-corrected chi connectivity index (χ2v) is 4.97. The number of aromatic nitrogens is 4. The Morgan fingerprint density at radius 2 is 1.88 bits per heavy atom. The summed E-state index contributed by atoms with van der Waals surface area (Å²) in [4.78, 5) is 27.8. The summed E-state index contributed by atoms with van der Waals surface area (Å²) in [6, 6.07) is 4.38. The van der Waals surface area contributed by atoms with Gasteiger partial charge in [-0.05, 0) is 24.3 Å². The van der Waals surface area contributed by atoms with Gasteiger partial charge in [0, 0.05) is 12.4 Å². The van der Waals surface area contributed by atoms with Crippen LogP contribution < -0.4 is 5.32 Å². The molecule has 0 aliphatic carbocycles. The Bertz CT molecular complexity index is 959. The van der Waals surface area contributed by atoms with Crippen LogP contribution in [0.2, 0.25) is 0 Å². The third-order valence-electron chi connectivity index (χ3n) is 3.38. The smallest absolute Gasteiger partial charge is 0.343 e. The maximum absolute atomic E-state index is 14.0. The summed E-state index contributed by atoms with van der Waals surface area (Å²) in [6.45, 7) is 0. The summed E-state index contributed by atoms with van der Waals surface area (Å²) in [5.41, 5.74) is -1.51. The number of amides is 1. The van der Waals surface area contributed by atoms with Crippen molar-refractivity contribution < 1.29 is 23.1 Å². The molecular weight excluding hydrogens is 348 g/mol. The van der Waals surface area contributed by atoms with E-state index in [1.165, 1.54) is 18.5 Å². The molecule has 132 valence electrons. The van der Waals surface area contributed by atoms with Gasteiger partial charge in [0.15, 0.2) is 11.5 Å². The van der Waals surface area contributed by atoms with E-state index in [1.807, 2.05) is 0 Å². The highest BCUT2D eigenvalue weighted by atomic mass is 19.1. The fourth-order valence-corrected chi connectivity index (χ4v) is 2.13. The fourth-order valence-electron chi connectivity index (χ4n) is 2.13. The second-order valence-electron chi connectivity index (χ2n) is 4.97. The molecule has 0 spiro atoms. The fraction of sp³-hybridized carbons (Fsp3) is 0.0625. The molecule has 0 unspecified atom stereocenters. The molecule has 1 amide bonds. The first-order valence-corrected chi connectivity index (χ1v) is 7.21. The van der Waals surface area contributed by atoms with Crippen LogP contribution in [0.4, 0.5) is 14.5 Å². The summed E-state index contributed by atoms with van der Waals surface area (Å²) in [5, 5.41) is 9.71. The SMILES string of the molecule is COC(=O)c1c(F)ccc(F)c1NC(=O)c1ccc(-n2ccnc2)nn1. The van der Waals surface area contributed by atoms with Crippen LogP contribution in [0, 0.1) is 11.6 Å². The van der Waals surface area contributed by atoms with Gasteiger partial charge >= 0.3 is 5.97 Å². The predicted molar refractivity (Wildman–Crippen MR) is 84.8 cm³/mol. The van der Waals surface area contributed by atoms with Crippen molar-refractivity contribution in [2.24, 2.45) is 0 Å². The molecular formula is C16H11F2N5O3. The van der Waals surface area contributed by atoms with Gasteiger partial charge < -0.3 is 10.1 Å². The largest absolute Gasteiger partial charge is 0.465 e. The van der Waals surface area contributed by atoms with Crippen molar-refractivity contribution in [2.45, 2.75) is 0 Å². The number of hydrogen-bond donors (Lipinski definition) is 1. The third-order valence-corrected chi connectivity index (χ3v) is 3.38. The van der Waals surface area contributed by atoms with Crippen molar-refractivity contribution in [2.75, 3.05) is 12.4 Å². The Balaban J connectivity index is 1.89. The van der Waals surface area contributed by atoms with Gasteiger partial charge in [0.1, 0.15) is 23.5 Å². The number of benzene rings is 1. The van der Waals surface area contributed by atoms with E-state index in [2.05, 4.69) is 25.2 Å². The van der Waals surface area contributed by atoms with Crippen LogP contribution in [0.15, 0.2) is 43.0 Å². The highest BCUT2D eigenvalue weighted by Gasteiger charge is 2.23. The molecule has 2 aromatic heterocycles. The van der Waals surface area contributed by atoms with Gasteiger partial charge in [0.05, 0.1) is 12.8 Å². The molecule has 8 nitrogen and oxygen atoms in total. The van der Waals surface area contributed by atoms with Gasteiger partial charge in [-0.15, -0.1) is 10.2 Å². The van der Waals surface area contributed by atoms with Gasteiger partial charge in [0.25, 0.3) is 5.91 Å². The topological polar surface area (TPSA) is 99.0 Å². The van der Waals surface area contributed by atoms with Crippen LogP contribution in [-0.2, 0) is 4.74 Å². The number of imidazole rings is 1. The van der Waals surface area contributed by atoms with Crippen LogP contribution in [0.5, 0.6) is 0 Å². The Morgan fingerprint density at radius 1 is 1.12 bits per heavy atom. The van der Waals surface area contributed by atoms with E-state index >= 15 is 0 Å². The summed E-state index contributed by atoms with van der Waals surface area (Å²) in [5.74, 6) is -3.62. The zero-order chi connectivity index (χ0) is 18.7. The lowest BCUT2D eigenvalue weighted by Crippen LogP contribution is -2.19. The van der Waals surface area contributed by atoms with Crippen molar-refractivity contribution in [1.82, 2.24) is 19.7 Å². The van der Waals surface area contributed by atoms with Crippen LogP contribution in [0.1, 0.15) is 20.8 Å². The highest BCUT2D eigenvalue weighted by molar-refractivity contribution is 6.07. The molecule has 0 saturated heterocycles. The molecule has 0 fully saturated rings. The number of rotatable bonds is 4. The maximum atomic E-state index is 14.0. The Kier molecular flexibility index (Phi) is 4.65. The minimum atomic E-state index is -1.13. The normalized spacial score (nSPS) is 10.4. The molecule has 0 radical (unpaired) electrons. The van der Waals surface area contributed by atoms with Gasteiger partial charge in [0.2, 0.25) is 0 Å². The highest BCUT2D eigenvalue weighted by Crippen LogP contribution is 2.24. The summed E-state index contributed by atoms with van der Waals surface area (Å²) < 4.78 is 33.9. The van der Waals surface area contributed by atoms with E-state index in [4.69, 9.17) is 0 Å². The van der Waals surface area contributed by atoms with Gasteiger partial charge in [-0.1, -0.05) is 0 Å². The lowest BCUT2D eigenvalue weighted by Gasteiger charge is -2.11. The average molecular weight is 359 g/mol. The lowest BCUT2D eigenvalue weighted by atomic mass is 10.1. The Labute approximate surface area is 145 Å². The molecule has 0 aliphatic heterocycles. The van der Waals surface area contributed by atoms with Gasteiger partial charge in [-0.2, -0.15) is 0 Å². The van der Waals surface area contributed by atoms with E-state index in [0.717, 1.165) is 19.2 Å². The molecule has 10 heteroatoms. The first-order chi connectivity index (χ1) is 12.5. The van der Waals surface area contributed by atoms with Crippen molar-refractivity contribution >= 4 is 17.6 Å². The first-order valence-electron chi connectivity index (χ1n) is 7.21. The number of halogens is 2. The van der Waals surface area contributed by atoms with Crippen LogP contribution >= 0.6 is 0 Å². The number of methoxy groups -OCH3 is 1. The van der Waals surface area contributed by atoms with Crippen molar-refractivity contribution in [3.05, 3.63) is 65.9 Å². The minimum Gasteiger partial charge on any atom is -0.465 e. The van der Waals surface area contributed by atoms with Crippen LogP contribution in [0.3, 0.4) is 0 Å². The molecule has 3 aromatic rings. The molecule has 0 saturated carbocycles. The molecule has 0 bridgehead atoms. The lowest BCUT2D eigenvalue weighted by molar-refractivity contribution is 0.0596. The Hall–Kier alpha value is -3.69. The molecule has 2 heterocycles. The van der Waals surface area contributed by atoms with Crippen LogP contribution in [-0.4, -0.2) is 38.7 Å². The van der Waals surface area contributed by atoms with E-state index in [0.29, 0.717) is 5.82 Å². The summed E-state index contributed by atoms with van der Waals surface area (Å²) in [7, 11) is 1.01. The summed E-state index contributed by atoms with van der Waals surface area (Å²) in [6.07, 6.45) is 4.67. The maximum Gasteiger partial charge on any atom is 0.343 e. The molecule has 3 rings (SSSR count). The van der Waals surface area contributed by atoms with E-state index in [1.54, 1.807) is 17.0 Å². The monoisotopic (exact) mass is 359 g/mol. The number of nitrogens with one attached hydrogen (secondary N) is 1. The number of carbonyl (C=O) groups is 2. The second kappa shape index (κ2) is 7.05. The van der Waals surface area contributed by atoms with Crippen LogP contribution in [0.25, 0.3) is 5.82 Å². The molecule has 26 heavy (non-hydrogen) atoms. The zero-order valence-electron chi connectivity index (χ0n) is 13.3. The average Bonchev–Trinajstić information content (AvgIpc) is 3.19. The van der Waals surface area contributed by atoms with E-state index in [9.17, 15) is 18.4 Å². The molecule has 1 N–H and O–H groups in total. The van der Waals surface area contributed by atoms with Gasteiger partial charge in [-0.3, -0.25) is 9.36 Å². The number of anilines is 1. The zero-order valence-corrected chi connectivity index (χ0v) is 13.3. The number of esters is 1. The van der Waals surface area contributed by atoms with E-state index in [-0.39, 0.29) is 5.69 Å². The van der Waals surface area contributed by atoms with Gasteiger partial charge in [-0.25, -0.2) is 18.6 Å². The number of hydrogen-bond acceptors (Lipinski definition) is 6. The van der Waals surface area contributed by atoms with Crippen molar-refractivity contribution in [1.29, 1.82) is 0 Å². The third kappa shape index (κ3) is 3.24. The quantitative estimate of drug-likeness (QED) is 0.715. The number of carbonyl (C=O) groups excluding carboxylic acids is 2. The molecule has 0 atom stereocenters. The minimum absolute atomic E-state index is 0.159. The van der Waals surface area contributed by atoms with Crippen molar-refractivity contribution in [3.63, 3.8) is 0 Å². The molecule has 1 aromatic carbocycles. The van der Waals surface area contributed by atoms with E-state index < -0.39 is 34.8 Å². The Morgan fingerprint density at radius 3 is 2.50 bits per heavy atom.